The van der Waals surface area contributed by atoms with Gasteiger partial charge in [0, 0.05) is 6.54 Å². The number of halogens is 1. The fourth-order valence-corrected chi connectivity index (χ4v) is 1.81. The zero-order valence-corrected chi connectivity index (χ0v) is 8.69. The van der Waals surface area contributed by atoms with Gasteiger partial charge in [0.1, 0.15) is 0 Å². The van der Waals surface area contributed by atoms with Crippen molar-refractivity contribution in [2.24, 2.45) is 0 Å². The van der Waals surface area contributed by atoms with Crippen molar-refractivity contribution < 1.29 is 17.9 Å². The fraction of sp³-hybridized carbons (Fsp3) is 1.00. The van der Waals surface area contributed by atoms with Crippen molar-refractivity contribution in [3.05, 3.63) is 0 Å². The molecule has 0 fully saturated rings. The van der Waals surface area contributed by atoms with Crippen molar-refractivity contribution in [1.29, 1.82) is 0 Å². The maximum absolute atomic E-state index is 11.7. The second-order valence-electron chi connectivity index (χ2n) is 3.49. The van der Waals surface area contributed by atoms with E-state index in [1.54, 1.807) is 0 Å². The highest BCUT2D eigenvalue weighted by molar-refractivity contribution is 7.89. The van der Waals surface area contributed by atoms with Gasteiger partial charge in [-0.1, -0.05) is 0 Å². The van der Waals surface area contributed by atoms with Crippen LogP contribution in [0.15, 0.2) is 0 Å². The zero-order valence-electron chi connectivity index (χ0n) is 7.88. The van der Waals surface area contributed by atoms with Crippen molar-refractivity contribution in [1.82, 2.24) is 4.72 Å². The van der Waals surface area contributed by atoms with Crippen molar-refractivity contribution in [2.75, 3.05) is 19.0 Å². The minimum absolute atomic E-state index is 0.0127. The first-order chi connectivity index (χ1) is 5.77. The third-order valence-corrected chi connectivity index (χ3v) is 2.68. The number of hydrogen-bond acceptors (Lipinski definition) is 3. The molecule has 0 aromatic heterocycles. The van der Waals surface area contributed by atoms with Crippen molar-refractivity contribution >= 4 is 10.0 Å². The molecular formula is C7H16FNO3S. The molecule has 0 aromatic carbocycles. The van der Waals surface area contributed by atoms with E-state index in [1.807, 2.05) is 0 Å². The molecule has 0 unspecified atom stereocenters. The topological polar surface area (TPSA) is 66.4 Å². The highest BCUT2D eigenvalue weighted by atomic mass is 32.2. The van der Waals surface area contributed by atoms with E-state index in [0.29, 0.717) is 0 Å². The second kappa shape index (κ2) is 4.88. The van der Waals surface area contributed by atoms with Gasteiger partial charge in [-0.05, 0) is 20.3 Å². The van der Waals surface area contributed by atoms with E-state index in [9.17, 15) is 17.9 Å². The summed E-state index contributed by atoms with van der Waals surface area (Å²) in [5, 5.41) is 9.21. The highest BCUT2D eigenvalue weighted by Gasteiger charge is 2.17. The quantitative estimate of drug-likeness (QED) is 0.654. The summed E-state index contributed by atoms with van der Waals surface area (Å²) in [6.07, 6.45) is -0.0127. The van der Waals surface area contributed by atoms with Gasteiger partial charge in [-0.3, -0.25) is 4.39 Å². The maximum Gasteiger partial charge on any atom is 0.211 e. The third kappa shape index (κ3) is 8.14. The molecule has 6 heteroatoms. The second-order valence-corrected chi connectivity index (χ2v) is 5.42. The summed E-state index contributed by atoms with van der Waals surface area (Å²) in [5.41, 5.74) is -1.08. The van der Waals surface area contributed by atoms with Gasteiger partial charge in [-0.15, -0.1) is 0 Å². The Kier molecular flexibility index (Phi) is 4.80. The molecule has 80 valence electrons. The third-order valence-electron chi connectivity index (χ3n) is 1.27. The summed E-state index contributed by atoms with van der Waals surface area (Å²) in [4.78, 5) is 0. The summed E-state index contributed by atoms with van der Waals surface area (Å²) >= 11 is 0. The Morgan fingerprint density at radius 3 is 2.38 bits per heavy atom. The van der Waals surface area contributed by atoms with E-state index in [4.69, 9.17) is 0 Å². The molecule has 13 heavy (non-hydrogen) atoms. The van der Waals surface area contributed by atoms with Gasteiger partial charge in [0.2, 0.25) is 10.0 Å². The van der Waals surface area contributed by atoms with Gasteiger partial charge in [0.05, 0.1) is 18.0 Å². The largest absolute Gasteiger partial charge is 0.389 e. The van der Waals surface area contributed by atoms with Crippen LogP contribution in [0.2, 0.25) is 0 Å². The first-order valence-corrected chi connectivity index (χ1v) is 5.68. The fourth-order valence-electron chi connectivity index (χ4n) is 0.603. The van der Waals surface area contributed by atoms with E-state index in [0.717, 1.165) is 0 Å². The summed E-state index contributed by atoms with van der Waals surface area (Å²) in [7, 11) is -3.43. The van der Waals surface area contributed by atoms with Crippen LogP contribution in [0.5, 0.6) is 0 Å². The van der Waals surface area contributed by atoms with Crippen molar-refractivity contribution in [3.63, 3.8) is 0 Å². The number of aliphatic hydroxyl groups is 1. The smallest absolute Gasteiger partial charge is 0.211 e. The Morgan fingerprint density at radius 2 is 2.00 bits per heavy atom. The van der Waals surface area contributed by atoms with Crippen LogP contribution in [0, 0.1) is 0 Å². The molecule has 0 radical (unpaired) electrons. The molecule has 0 atom stereocenters. The number of hydrogen-bond donors (Lipinski definition) is 2. The van der Waals surface area contributed by atoms with Crippen LogP contribution >= 0.6 is 0 Å². The molecule has 0 aliphatic carbocycles. The van der Waals surface area contributed by atoms with E-state index in [2.05, 4.69) is 4.72 Å². The van der Waals surface area contributed by atoms with Gasteiger partial charge < -0.3 is 5.11 Å². The molecule has 2 N–H and O–H groups in total. The first kappa shape index (κ1) is 12.8. The average Bonchev–Trinajstić information content (AvgIpc) is 1.97. The van der Waals surface area contributed by atoms with Crippen LogP contribution in [0.4, 0.5) is 4.39 Å². The van der Waals surface area contributed by atoms with Crippen LogP contribution in [-0.4, -0.2) is 38.1 Å². The van der Waals surface area contributed by atoms with Gasteiger partial charge in [-0.25, -0.2) is 13.1 Å². The van der Waals surface area contributed by atoms with Gasteiger partial charge in [0.25, 0.3) is 0 Å². The molecular weight excluding hydrogens is 197 g/mol. The molecule has 4 nitrogen and oxygen atoms in total. The van der Waals surface area contributed by atoms with Crippen LogP contribution in [0.25, 0.3) is 0 Å². The molecule has 0 aliphatic rings. The SMILES string of the molecule is CC(C)(O)CNS(=O)(=O)CCCF. The van der Waals surface area contributed by atoms with E-state index >= 15 is 0 Å². The van der Waals surface area contributed by atoms with E-state index in [-0.39, 0.29) is 18.7 Å². The van der Waals surface area contributed by atoms with Gasteiger partial charge in [-0.2, -0.15) is 0 Å². The maximum atomic E-state index is 11.7. The Labute approximate surface area is 78.2 Å². The minimum atomic E-state index is -3.43. The van der Waals surface area contributed by atoms with E-state index < -0.39 is 22.3 Å². The van der Waals surface area contributed by atoms with Crippen LogP contribution in [0.3, 0.4) is 0 Å². The lowest BCUT2D eigenvalue weighted by atomic mass is 10.1. The Bertz CT molecular complexity index is 233. The number of nitrogens with one attached hydrogen (secondary N) is 1. The lowest BCUT2D eigenvalue weighted by Gasteiger charge is -2.17. The predicted molar refractivity (Wildman–Crippen MR) is 48.7 cm³/mol. The summed E-state index contributed by atoms with van der Waals surface area (Å²) in [6.45, 7) is 2.28. The lowest BCUT2D eigenvalue weighted by molar-refractivity contribution is 0.0857. The van der Waals surface area contributed by atoms with Crippen molar-refractivity contribution in [2.45, 2.75) is 25.9 Å². The standard InChI is InChI=1S/C7H16FNO3S/c1-7(2,10)6-9-13(11,12)5-3-4-8/h9-10H,3-6H2,1-2H3. The molecule has 0 saturated carbocycles. The zero-order chi connectivity index (χ0) is 10.5. The van der Waals surface area contributed by atoms with Gasteiger partial charge in [0.15, 0.2) is 0 Å². The minimum Gasteiger partial charge on any atom is -0.389 e. The Hall–Kier alpha value is -0.200. The van der Waals surface area contributed by atoms with Crippen LogP contribution in [-0.2, 0) is 10.0 Å². The first-order valence-electron chi connectivity index (χ1n) is 4.02. The van der Waals surface area contributed by atoms with Crippen LogP contribution in [0.1, 0.15) is 20.3 Å². The molecule has 0 heterocycles. The van der Waals surface area contributed by atoms with E-state index in [1.165, 1.54) is 13.8 Å². The molecule has 0 spiro atoms. The summed E-state index contributed by atoms with van der Waals surface area (Å²) in [5.74, 6) is -0.237. The Balaban J connectivity index is 3.91. The average molecular weight is 213 g/mol. The van der Waals surface area contributed by atoms with Crippen molar-refractivity contribution in [3.8, 4) is 0 Å². The molecule has 0 saturated heterocycles. The summed E-state index contributed by atoms with van der Waals surface area (Å²) in [6, 6.07) is 0. The molecule has 0 aromatic rings. The van der Waals surface area contributed by atoms with Crippen LogP contribution < -0.4 is 4.72 Å². The number of sulfonamides is 1. The monoisotopic (exact) mass is 213 g/mol. The summed E-state index contributed by atoms with van der Waals surface area (Å²) < 4.78 is 35.9. The highest BCUT2D eigenvalue weighted by Crippen LogP contribution is 1.99. The molecule has 0 amide bonds. The molecule has 0 rings (SSSR count). The number of alkyl halides is 1. The molecule has 0 aliphatic heterocycles. The predicted octanol–water partition coefficient (Wildman–Crippen LogP) is 0.0363. The normalized spacial score (nSPS) is 13.2. The Morgan fingerprint density at radius 1 is 1.46 bits per heavy atom. The lowest BCUT2D eigenvalue weighted by Crippen LogP contribution is -2.39. The number of rotatable bonds is 6. The van der Waals surface area contributed by atoms with Gasteiger partial charge >= 0.3 is 0 Å². The molecule has 0 bridgehead atoms.